The average molecular weight is 233 g/mol. The van der Waals surface area contributed by atoms with Gasteiger partial charge in [-0.15, -0.1) is 0 Å². The molecule has 2 saturated heterocycles. The van der Waals surface area contributed by atoms with Crippen LogP contribution in [0.3, 0.4) is 0 Å². The molecule has 4 nitrogen and oxygen atoms in total. The zero-order valence-electron chi connectivity index (χ0n) is 9.11. The van der Waals surface area contributed by atoms with E-state index in [2.05, 4.69) is 5.32 Å². The van der Waals surface area contributed by atoms with Crippen LogP contribution in [-0.2, 0) is 14.6 Å². The highest BCUT2D eigenvalue weighted by Crippen LogP contribution is 2.24. The van der Waals surface area contributed by atoms with Gasteiger partial charge in [0.25, 0.3) is 0 Å². The number of sulfone groups is 1. The molecule has 2 fully saturated rings. The van der Waals surface area contributed by atoms with Crippen molar-refractivity contribution in [3.8, 4) is 0 Å². The fourth-order valence-electron chi connectivity index (χ4n) is 2.34. The summed E-state index contributed by atoms with van der Waals surface area (Å²) >= 11 is 0. The van der Waals surface area contributed by atoms with E-state index in [0.717, 1.165) is 25.8 Å². The maximum Gasteiger partial charge on any atom is 0.153 e. The van der Waals surface area contributed by atoms with Gasteiger partial charge in [-0.3, -0.25) is 5.32 Å². The molecule has 0 aliphatic carbocycles. The standard InChI is InChI=1S/C10H19NO3S/c1-8-7-11-10(14-8)6-9-4-2-3-5-15(9,12)13/h8-11H,2-7H2,1H3. The minimum absolute atomic E-state index is 0.0575. The number of hydrogen-bond donors (Lipinski definition) is 1. The monoisotopic (exact) mass is 233 g/mol. The molecule has 3 atom stereocenters. The zero-order chi connectivity index (χ0) is 10.9. The molecule has 5 heteroatoms. The highest BCUT2D eigenvalue weighted by atomic mass is 32.2. The molecule has 0 aromatic carbocycles. The third-order valence-electron chi connectivity index (χ3n) is 3.22. The normalized spacial score (nSPS) is 40.5. The predicted octanol–water partition coefficient (Wildman–Crippen LogP) is 0.678. The molecule has 0 saturated carbocycles. The van der Waals surface area contributed by atoms with E-state index in [4.69, 9.17) is 4.74 Å². The summed E-state index contributed by atoms with van der Waals surface area (Å²) in [4.78, 5) is 0. The second-order valence-electron chi connectivity index (χ2n) is 4.56. The Morgan fingerprint density at radius 2 is 2.20 bits per heavy atom. The summed E-state index contributed by atoms with van der Waals surface area (Å²) in [5.41, 5.74) is 0. The molecule has 2 aliphatic rings. The zero-order valence-corrected chi connectivity index (χ0v) is 9.92. The molecule has 0 spiro atoms. The molecule has 0 amide bonds. The largest absolute Gasteiger partial charge is 0.359 e. The smallest absolute Gasteiger partial charge is 0.153 e. The van der Waals surface area contributed by atoms with Gasteiger partial charge in [0.05, 0.1) is 17.1 Å². The molecule has 2 heterocycles. The Labute approximate surface area is 91.3 Å². The van der Waals surface area contributed by atoms with Crippen LogP contribution in [0.4, 0.5) is 0 Å². The highest BCUT2D eigenvalue weighted by molar-refractivity contribution is 7.92. The molecule has 0 aromatic rings. The van der Waals surface area contributed by atoms with E-state index in [-0.39, 0.29) is 17.6 Å². The van der Waals surface area contributed by atoms with Gasteiger partial charge in [-0.05, 0) is 19.8 Å². The van der Waals surface area contributed by atoms with E-state index in [1.165, 1.54) is 0 Å². The van der Waals surface area contributed by atoms with Crippen LogP contribution in [0, 0.1) is 0 Å². The van der Waals surface area contributed by atoms with Crippen molar-refractivity contribution < 1.29 is 13.2 Å². The van der Waals surface area contributed by atoms with Crippen molar-refractivity contribution in [2.45, 2.75) is 50.2 Å². The van der Waals surface area contributed by atoms with E-state index in [0.29, 0.717) is 12.2 Å². The van der Waals surface area contributed by atoms with E-state index in [9.17, 15) is 8.42 Å². The molecule has 0 aromatic heterocycles. The quantitative estimate of drug-likeness (QED) is 0.762. The second-order valence-corrected chi connectivity index (χ2v) is 6.96. The number of rotatable bonds is 2. The van der Waals surface area contributed by atoms with Crippen LogP contribution >= 0.6 is 0 Å². The molecule has 2 rings (SSSR count). The minimum atomic E-state index is -2.85. The third-order valence-corrected chi connectivity index (χ3v) is 5.52. The first-order valence-corrected chi connectivity index (χ1v) is 7.40. The topological polar surface area (TPSA) is 55.4 Å². The first-order valence-electron chi connectivity index (χ1n) is 5.68. The maximum absolute atomic E-state index is 11.8. The van der Waals surface area contributed by atoms with Crippen molar-refractivity contribution >= 4 is 9.84 Å². The molecule has 1 N–H and O–H groups in total. The number of hydrogen-bond acceptors (Lipinski definition) is 4. The summed E-state index contributed by atoms with van der Waals surface area (Å²) in [7, 11) is -2.85. The summed E-state index contributed by atoms with van der Waals surface area (Å²) in [6, 6.07) is 0. The fraction of sp³-hybridized carbons (Fsp3) is 1.00. The van der Waals surface area contributed by atoms with Gasteiger partial charge in [0.2, 0.25) is 0 Å². The highest BCUT2D eigenvalue weighted by Gasteiger charge is 2.33. The van der Waals surface area contributed by atoms with Crippen LogP contribution in [-0.4, -0.2) is 38.3 Å². The first-order chi connectivity index (χ1) is 7.08. The average Bonchev–Trinajstić information content (AvgIpc) is 2.55. The van der Waals surface area contributed by atoms with Gasteiger partial charge < -0.3 is 4.74 Å². The van der Waals surface area contributed by atoms with Crippen molar-refractivity contribution in [2.75, 3.05) is 12.3 Å². The Morgan fingerprint density at radius 3 is 2.80 bits per heavy atom. The summed E-state index contributed by atoms with van der Waals surface area (Å²) in [6.45, 7) is 2.83. The van der Waals surface area contributed by atoms with Crippen LogP contribution < -0.4 is 5.32 Å². The van der Waals surface area contributed by atoms with Crippen LogP contribution in [0.25, 0.3) is 0 Å². The molecule has 0 bridgehead atoms. The molecule has 15 heavy (non-hydrogen) atoms. The van der Waals surface area contributed by atoms with Gasteiger partial charge >= 0.3 is 0 Å². The molecular weight excluding hydrogens is 214 g/mol. The van der Waals surface area contributed by atoms with Crippen LogP contribution in [0.1, 0.15) is 32.6 Å². The summed E-state index contributed by atoms with van der Waals surface area (Å²) in [5, 5.41) is 3.02. The lowest BCUT2D eigenvalue weighted by Gasteiger charge is -2.24. The molecular formula is C10H19NO3S. The first kappa shape index (κ1) is 11.4. The molecule has 3 unspecified atom stereocenters. The van der Waals surface area contributed by atoms with Crippen LogP contribution in [0.15, 0.2) is 0 Å². The lowest BCUT2D eigenvalue weighted by atomic mass is 10.1. The van der Waals surface area contributed by atoms with Gasteiger partial charge in [-0.1, -0.05) is 6.42 Å². The number of ether oxygens (including phenoxy) is 1. The molecule has 2 aliphatic heterocycles. The van der Waals surface area contributed by atoms with Crippen LogP contribution in [0.5, 0.6) is 0 Å². The van der Waals surface area contributed by atoms with Gasteiger partial charge in [-0.2, -0.15) is 0 Å². The lowest BCUT2D eigenvalue weighted by Crippen LogP contribution is -2.35. The van der Waals surface area contributed by atoms with Crippen molar-refractivity contribution in [3.05, 3.63) is 0 Å². The Morgan fingerprint density at radius 1 is 1.40 bits per heavy atom. The van der Waals surface area contributed by atoms with Crippen LogP contribution in [0.2, 0.25) is 0 Å². The predicted molar refractivity (Wildman–Crippen MR) is 58.4 cm³/mol. The van der Waals surface area contributed by atoms with Crippen molar-refractivity contribution in [1.82, 2.24) is 5.32 Å². The molecule has 0 radical (unpaired) electrons. The van der Waals surface area contributed by atoms with Gasteiger partial charge in [0.1, 0.15) is 6.23 Å². The third kappa shape index (κ3) is 2.71. The van der Waals surface area contributed by atoms with Gasteiger partial charge in [0.15, 0.2) is 9.84 Å². The van der Waals surface area contributed by atoms with Gasteiger partial charge in [-0.25, -0.2) is 8.42 Å². The Hall–Kier alpha value is -0.130. The summed E-state index contributed by atoms with van der Waals surface area (Å²) < 4.78 is 29.1. The Balaban J connectivity index is 1.93. The minimum Gasteiger partial charge on any atom is -0.359 e. The van der Waals surface area contributed by atoms with E-state index >= 15 is 0 Å². The number of nitrogens with one attached hydrogen (secondary N) is 1. The fourth-order valence-corrected chi connectivity index (χ4v) is 4.27. The van der Waals surface area contributed by atoms with Crippen molar-refractivity contribution in [3.63, 3.8) is 0 Å². The Kier molecular flexibility index (Phi) is 3.33. The summed E-state index contributed by atoms with van der Waals surface area (Å²) in [5.74, 6) is 0.361. The van der Waals surface area contributed by atoms with E-state index in [1.54, 1.807) is 0 Å². The van der Waals surface area contributed by atoms with E-state index < -0.39 is 9.84 Å². The van der Waals surface area contributed by atoms with E-state index in [1.807, 2.05) is 6.92 Å². The Bertz CT molecular complexity index is 315. The lowest BCUT2D eigenvalue weighted by molar-refractivity contribution is 0.0450. The van der Waals surface area contributed by atoms with Gasteiger partial charge in [0, 0.05) is 13.0 Å². The van der Waals surface area contributed by atoms with Crippen molar-refractivity contribution in [2.24, 2.45) is 0 Å². The second kappa shape index (κ2) is 4.39. The molecule has 88 valence electrons. The SMILES string of the molecule is CC1CNC(CC2CCCCS2(=O)=O)O1. The maximum atomic E-state index is 11.8. The van der Waals surface area contributed by atoms with Crippen molar-refractivity contribution in [1.29, 1.82) is 0 Å². The summed E-state index contributed by atoms with van der Waals surface area (Å²) in [6.07, 6.45) is 3.44.